The van der Waals surface area contributed by atoms with Gasteiger partial charge in [-0.05, 0) is 41.8 Å². The number of nitrogens with zero attached hydrogens (tertiary/aromatic N) is 2. The quantitative estimate of drug-likeness (QED) is 0.839. The van der Waals surface area contributed by atoms with Crippen LogP contribution in [0.5, 0.6) is 0 Å². The Hall–Kier alpha value is -0.280. The zero-order chi connectivity index (χ0) is 10.1. The molecule has 0 N–H and O–H groups in total. The summed E-state index contributed by atoms with van der Waals surface area (Å²) >= 11 is 9.50. The van der Waals surface area contributed by atoms with Gasteiger partial charge in [-0.2, -0.15) is 0 Å². The topological polar surface area (TPSA) is 16.1 Å². The van der Waals surface area contributed by atoms with E-state index in [1.165, 1.54) is 12.8 Å². The Morgan fingerprint density at radius 1 is 1.64 bits per heavy atom. The third-order valence-corrected chi connectivity index (χ3v) is 3.10. The summed E-state index contributed by atoms with van der Waals surface area (Å²) in [5.41, 5.74) is 0. The molecule has 0 aromatic carbocycles. The van der Waals surface area contributed by atoms with Gasteiger partial charge in [0, 0.05) is 23.3 Å². The molecule has 0 aliphatic heterocycles. The van der Waals surface area contributed by atoms with E-state index in [1.807, 2.05) is 6.07 Å². The third kappa shape index (κ3) is 2.04. The van der Waals surface area contributed by atoms with E-state index in [1.54, 1.807) is 6.20 Å². The van der Waals surface area contributed by atoms with Gasteiger partial charge in [0.2, 0.25) is 0 Å². The zero-order valence-corrected chi connectivity index (χ0v) is 10.3. The molecule has 0 radical (unpaired) electrons. The van der Waals surface area contributed by atoms with Crippen molar-refractivity contribution in [3.05, 3.63) is 21.8 Å². The summed E-state index contributed by atoms with van der Waals surface area (Å²) in [4.78, 5) is 6.63. The van der Waals surface area contributed by atoms with Gasteiger partial charge in [-0.3, -0.25) is 0 Å². The van der Waals surface area contributed by atoms with Gasteiger partial charge in [0.05, 0.1) is 5.02 Å². The highest BCUT2D eigenvalue weighted by Gasteiger charge is 2.29. The Balaban J connectivity index is 2.29. The van der Waals surface area contributed by atoms with Gasteiger partial charge in [-0.25, -0.2) is 4.98 Å². The minimum Gasteiger partial charge on any atom is -0.353 e. The normalized spacial score (nSPS) is 15.6. The van der Waals surface area contributed by atoms with Gasteiger partial charge in [0.1, 0.15) is 5.82 Å². The van der Waals surface area contributed by atoms with Crippen LogP contribution in [0.15, 0.2) is 16.7 Å². The first-order chi connectivity index (χ1) is 6.72. The van der Waals surface area contributed by atoms with Crippen molar-refractivity contribution in [2.24, 2.45) is 0 Å². The molecule has 0 unspecified atom stereocenters. The zero-order valence-electron chi connectivity index (χ0n) is 8.00. The molecule has 4 heteroatoms. The van der Waals surface area contributed by atoms with Gasteiger partial charge in [0.15, 0.2) is 0 Å². The maximum absolute atomic E-state index is 6.14. The van der Waals surface area contributed by atoms with Crippen molar-refractivity contribution in [3.8, 4) is 0 Å². The van der Waals surface area contributed by atoms with Crippen LogP contribution in [0.2, 0.25) is 5.02 Å². The molecule has 1 fully saturated rings. The molecule has 0 saturated heterocycles. The van der Waals surface area contributed by atoms with Crippen LogP contribution in [0.4, 0.5) is 5.82 Å². The number of anilines is 1. The minimum absolute atomic E-state index is 0.658. The Kier molecular flexibility index (Phi) is 2.98. The van der Waals surface area contributed by atoms with Crippen LogP contribution < -0.4 is 4.90 Å². The van der Waals surface area contributed by atoms with Crippen molar-refractivity contribution in [1.82, 2.24) is 4.98 Å². The lowest BCUT2D eigenvalue weighted by Gasteiger charge is -2.22. The average Bonchev–Trinajstić information content (AvgIpc) is 2.93. The standard InChI is InChI=1S/C10H12BrClN2/c1-2-14(8-3-4-8)10-9(12)5-7(11)6-13-10/h5-6,8H,2-4H2,1H3. The summed E-state index contributed by atoms with van der Waals surface area (Å²) in [5.74, 6) is 0.917. The van der Waals surface area contributed by atoms with E-state index < -0.39 is 0 Å². The maximum Gasteiger partial charge on any atom is 0.147 e. The van der Waals surface area contributed by atoms with Gasteiger partial charge < -0.3 is 4.90 Å². The van der Waals surface area contributed by atoms with Gasteiger partial charge in [0.25, 0.3) is 0 Å². The first kappa shape index (κ1) is 10.2. The molecule has 0 spiro atoms. The minimum atomic E-state index is 0.658. The maximum atomic E-state index is 6.14. The van der Waals surface area contributed by atoms with E-state index >= 15 is 0 Å². The second kappa shape index (κ2) is 4.07. The number of hydrogen-bond acceptors (Lipinski definition) is 2. The summed E-state index contributed by atoms with van der Waals surface area (Å²) in [5, 5.41) is 0.730. The lowest BCUT2D eigenvalue weighted by atomic mass is 10.4. The van der Waals surface area contributed by atoms with Gasteiger partial charge in [-0.1, -0.05) is 11.6 Å². The molecule has 0 atom stereocenters. The number of rotatable bonds is 3. The van der Waals surface area contributed by atoms with Crippen LogP contribution >= 0.6 is 27.5 Å². The molecule has 1 aliphatic carbocycles. The second-order valence-corrected chi connectivity index (χ2v) is 4.80. The highest BCUT2D eigenvalue weighted by atomic mass is 79.9. The van der Waals surface area contributed by atoms with Crippen molar-refractivity contribution in [1.29, 1.82) is 0 Å². The molecule has 1 saturated carbocycles. The van der Waals surface area contributed by atoms with E-state index in [4.69, 9.17) is 11.6 Å². The number of aromatic nitrogens is 1. The Morgan fingerprint density at radius 3 is 2.86 bits per heavy atom. The molecule has 0 bridgehead atoms. The number of hydrogen-bond donors (Lipinski definition) is 0. The molecule has 1 aromatic rings. The van der Waals surface area contributed by atoms with Crippen LogP contribution in [0, 0.1) is 0 Å². The fraction of sp³-hybridized carbons (Fsp3) is 0.500. The van der Waals surface area contributed by atoms with Crippen molar-refractivity contribution < 1.29 is 0 Å². The van der Waals surface area contributed by atoms with E-state index in [0.29, 0.717) is 6.04 Å². The van der Waals surface area contributed by atoms with Crippen LogP contribution in [0.3, 0.4) is 0 Å². The molecule has 76 valence electrons. The predicted octanol–water partition coefficient (Wildman–Crippen LogP) is 3.49. The molecule has 14 heavy (non-hydrogen) atoms. The Labute approximate surface area is 97.4 Å². The summed E-state index contributed by atoms with van der Waals surface area (Å²) in [7, 11) is 0. The van der Waals surface area contributed by atoms with Crippen molar-refractivity contribution in [3.63, 3.8) is 0 Å². The van der Waals surface area contributed by atoms with Crippen molar-refractivity contribution >= 4 is 33.3 Å². The van der Waals surface area contributed by atoms with Crippen LogP contribution in [-0.4, -0.2) is 17.6 Å². The average molecular weight is 276 g/mol. The molecule has 1 aromatic heterocycles. The van der Waals surface area contributed by atoms with E-state index in [-0.39, 0.29) is 0 Å². The van der Waals surface area contributed by atoms with Crippen LogP contribution in [0.1, 0.15) is 19.8 Å². The first-order valence-corrected chi connectivity index (χ1v) is 5.97. The number of pyridine rings is 1. The van der Waals surface area contributed by atoms with Crippen molar-refractivity contribution in [2.75, 3.05) is 11.4 Å². The summed E-state index contributed by atoms with van der Waals surface area (Å²) in [6, 6.07) is 2.56. The third-order valence-electron chi connectivity index (χ3n) is 2.39. The fourth-order valence-corrected chi connectivity index (χ4v) is 2.32. The van der Waals surface area contributed by atoms with Crippen LogP contribution in [0.25, 0.3) is 0 Å². The highest BCUT2D eigenvalue weighted by Crippen LogP contribution is 2.34. The van der Waals surface area contributed by atoms with E-state index in [2.05, 4.69) is 32.7 Å². The smallest absolute Gasteiger partial charge is 0.147 e. The lowest BCUT2D eigenvalue weighted by Crippen LogP contribution is -2.26. The second-order valence-electron chi connectivity index (χ2n) is 3.48. The summed E-state index contributed by atoms with van der Waals surface area (Å²) in [6.45, 7) is 3.11. The molecule has 0 amide bonds. The first-order valence-electron chi connectivity index (χ1n) is 4.80. The monoisotopic (exact) mass is 274 g/mol. The predicted molar refractivity (Wildman–Crippen MR) is 63.0 cm³/mol. The fourth-order valence-electron chi connectivity index (χ4n) is 1.59. The SMILES string of the molecule is CCN(c1ncc(Br)cc1Cl)C1CC1. The lowest BCUT2D eigenvalue weighted by molar-refractivity contribution is 0.808. The van der Waals surface area contributed by atoms with Gasteiger partial charge in [-0.15, -0.1) is 0 Å². The van der Waals surface area contributed by atoms with Crippen molar-refractivity contribution in [2.45, 2.75) is 25.8 Å². The summed E-state index contributed by atoms with van der Waals surface area (Å²) < 4.78 is 0.929. The van der Waals surface area contributed by atoms with E-state index in [0.717, 1.165) is 21.9 Å². The number of halogens is 2. The van der Waals surface area contributed by atoms with Crippen LogP contribution in [-0.2, 0) is 0 Å². The molecule has 2 nitrogen and oxygen atoms in total. The summed E-state index contributed by atoms with van der Waals surface area (Å²) in [6.07, 6.45) is 4.33. The Bertz CT molecular complexity index is 339. The van der Waals surface area contributed by atoms with Gasteiger partial charge >= 0.3 is 0 Å². The largest absolute Gasteiger partial charge is 0.353 e. The molecular formula is C10H12BrClN2. The Morgan fingerprint density at radius 2 is 2.36 bits per heavy atom. The molecule has 2 rings (SSSR count). The van der Waals surface area contributed by atoms with E-state index in [9.17, 15) is 0 Å². The molecule has 1 aliphatic rings. The molecular weight excluding hydrogens is 263 g/mol. The molecule has 1 heterocycles. The highest BCUT2D eigenvalue weighted by molar-refractivity contribution is 9.10.